The summed E-state index contributed by atoms with van der Waals surface area (Å²) in [4.78, 5) is 14.2. The van der Waals surface area contributed by atoms with Gasteiger partial charge in [0.15, 0.2) is 0 Å². The van der Waals surface area contributed by atoms with Gasteiger partial charge in [0.1, 0.15) is 12.4 Å². The molecule has 24 heavy (non-hydrogen) atoms. The number of hydrogen-bond donors (Lipinski definition) is 2. The lowest BCUT2D eigenvalue weighted by Gasteiger charge is -2.27. The molecule has 2 aromatic carbocycles. The number of carbonyl (C=O) groups excluding carboxylic acids is 1. The molecule has 1 heterocycles. The van der Waals surface area contributed by atoms with Crippen molar-refractivity contribution in [1.29, 1.82) is 0 Å². The highest BCUT2D eigenvalue weighted by molar-refractivity contribution is 5.96. The van der Waals surface area contributed by atoms with E-state index in [9.17, 15) is 4.79 Å². The minimum Gasteiger partial charge on any atom is -0.491 e. The highest BCUT2D eigenvalue weighted by Gasteiger charge is 2.27. The Bertz CT molecular complexity index is 743. The van der Waals surface area contributed by atoms with Gasteiger partial charge in [-0.25, -0.2) is 0 Å². The summed E-state index contributed by atoms with van der Waals surface area (Å²) in [5, 5.41) is 11.9. The average Bonchev–Trinajstić information content (AvgIpc) is 2.58. The summed E-state index contributed by atoms with van der Waals surface area (Å²) in [6.07, 6.45) is 0.414. The second kappa shape index (κ2) is 6.93. The van der Waals surface area contributed by atoms with Gasteiger partial charge in [-0.2, -0.15) is 0 Å². The van der Waals surface area contributed by atoms with Crippen LogP contribution < -0.4 is 15.0 Å². The third-order valence-electron chi connectivity index (χ3n) is 4.21. The van der Waals surface area contributed by atoms with E-state index in [0.29, 0.717) is 12.2 Å². The average molecular weight is 326 g/mol. The summed E-state index contributed by atoms with van der Waals surface area (Å²) in [5.74, 6) is 0.728. The first-order valence-electron chi connectivity index (χ1n) is 8.03. The summed E-state index contributed by atoms with van der Waals surface area (Å²) in [7, 11) is 3.96. The molecule has 3 rings (SSSR count). The smallest absolute Gasteiger partial charge is 0.225 e. The summed E-state index contributed by atoms with van der Waals surface area (Å²) in [6.45, 7) is 0.240. The molecular formula is C19H22N2O3. The highest BCUT2D eigenvalue weighted by Crippen LogP contribution is 2.39. The van der Waals surface area contributed by atoms with Crippen molar-refractivity contribution in [3.8, 4) is 5.75 Å². The maximum Gasteiger partial charge on any atom is 0.225 e. The second-order valence-corrected chi connectivity index (χ2v) is 6.12. The second-order valence-electron chi connectivity index (χ2n) is 6.12. The number of rotatable bonds is 5. The van der Waals surface area contributed by atoms with Crippen LogP contribution in [0.5, 0.6) is 5.75 Å². The van der Waals surface area contributed by atoms with E-state index in [2.05, 4.69) is 17.4 Å². The number of anilines is 2. The molecule has 0 spiro atoms. The van der Waals surface area contributed by atoms with E-state index in [1.165, 1.54) is 0 Å². The molecular weight excluding hydrogens is 304 g/mol. The van der Waals surface area contributed by atoms with Crippen LogP contribution in [0.15, 0.2) is 42.5 Å². The van der Waals surface area contributed by atoms with Crippen molar-refractivity contribution >= 4 is 17.3 Å². The number of aliphatic hydroxyl groups is 1. The SMILES string of the molecule is CN(C)c1ccc2c(c1)NC(=O)CC2c1cccc(OCCO)c1. The molecule has 0 aliphatic carbocycles. The van der Waals surface area contributed by atoms with Gasteiger partial charge in [0.25, 0.3) is 0 Å². The molecule has 0 saturated heterocycles. The fraction of sp³-hybridized carbons (Fsp3) is 0.316. The molecule has 0 aromatic heterocycles. The predicted molar refractivity (Wildman–Crippen MR) is 94.9 cm³/mol. The lowest BCUT2D eigenvalue weighted by atomic mass is 9.84. The molecule has 1 aliphatic heterocycles. The Morgan fingerprint density at radius 1 is 1.25 bits per heavy atom. The van der Waals surface area contributed by atoms with E-state index < -0.39 is 0 Å². The quantitative estimate of drug-likeness (QED) is 0.886. The highest BCUT2D eigenvalue weighted by atomic mass is 16.5. The summed E-state index contributed by atoms with van der Waals surface area (Å²) < 4.78 is 5.49. The number of carbonyl (C=O) groups is 1. The predicted octanol–water partition coefficient (Wildman–Crippen LogP) is 2.60. The Labute approximate surface area is 141 Å². The van der Waals surface area contributed by atoms with Crippen LogP contribution in [0.3, 0.4) is 0 Å². The van der Waals surface area contributed by atoms with Gasteiger partial charge >= 0.3 is 0 Å². The van der Waals surface area contributed by atoms with Gasteiger partial charge in [-0.05, 0) is 35.4 Å². The monoisotopic (exact) mass is 326 g/mol. The molecule has 1 atom stereocenters. The lowest BCUT2D eigenvalue weighted by molar-refractivity contribution is -0.116. The van der Waals surface area contributed by atoms with Crippen molar-refractivity contribution < 1.29 is 14.6 Å². The first-order valence-corrected chi connectivity index (χ1v) is 8.03. The van der Waals surface area contributed by atoms with E-state index in [0.717, 1.165) is 22.5 Å². The zero-order valence-corrected chi connectivity index (χ0v) is 14.0. The van der Waals surface area contributed by atoms with Crippen molar-refractivity contribution in [1.82, 2.24) is 0 Å². The molecule has 1 amide bonds. The van der Waals surface area contributed by atoms with Crippen molar-refractivity contribution in [3.05, 3.63) is 53.6 Å². The Balaban J connectivity index is 1.96. The molecule has 126 valence electrons. The van der Waals surface area contributed by atoms with Gasteiger partial charge in [0, 0.05) is 37.8 Å². The van der Waals surface area contributed by atoms with Gasteiger partial charge in [0.05, 0.1) is 6.61 Å². The Morgan fingerprint density at radius 2 is 2.08 bits per heavy atom. The topological polar surface area (TPSA) is 61.8 Å². The van der Waals surface area contributed by atoms with Crippen LogP contribution in [-0.2, 0) is 4.79 Å². The Morgan fingerprint density at radius 3 is 2.83 bits per heavy atom. The molecule has 1 aliphatic rings. The zero-order valence-electron chi connectivity index (χ0n) is 14.0. The van der Waals surface area contributed by atoms with Gasteiger partial charge in [-0.1, -0.05) is 18.2 Å². The molecule has 2 aromatic rings. The van der Waals surface area contributed by atoms with Gasteiger partial charge in [-0.15, -0.1) is 0 Å². The fourth-order valence-electron chi connectivity index (χ4n) is 3.01. The number of amides is 1. The van der Waals surface area contributed by atoms with Gasteiger partial charge in [-0.3, -0.25) is 4.79 Å². The number of aliphatic hydroxyl groups excluding tert-OH is 1. The first-order chi connectivity index (χ1) is 11.6. The van der Waals surface area contributed by atoms with Gasteiger partial charge in [0.2, 0.25) is 5.91 Å². The van der Waals surface area contributed by atoms with E-state index in [4.69, 9.17) is 9.84 Å². The summed E-state index contributed by atoms with van der Waals surface area (Å²) >= 11 is 0. The molecule has 0 saturated carbocycles. The fourth-order valence-corrected chi connectivity index (χ4v) is 3.01. The Kier molecular flexibility index (Phi) is 4.71. The minimum atomic E-state index is -0.0216. The molecule has 1 unspecified atom stereocenters. The van der Waals surface area contributed by atoms with Crippen LogP contribution >= 0.6 is 0 Å². The molecule has 0 bridgehead atoms. The maximum atomic E-state index is 12.2. The van der Waals surface area contributed by atoms with Crippen LogP contribution in [0, 0.1) is 0 Å². The number of hydrogen-bond acceptors (Lipinski definition) is 4. The molecule has 0 radical (unpaired) electrons. The van der Waals surface area contributed by atoms with E-state index in [1.807, 2.05) is 49.3 Å². The summed E-state index contributed by atoms with van der Waals surface area (Å²) in [5.41, 5.74) is 4.07. The van der Waals surface area contributed by atoms with Crippen LogP contribution in [0.4, 0.5) is 11.4 Å². The van der Waals surface area contributed by atoms with E-state index >= 15 is 0 Å². The third kappa shape index (κ3) is 3.36. The minimum absolute atomic E-state index is 0.00244. The van der Waals surface area contributed by atoms with Crippen LogP contribution in [0.1, 0.15) is 23.5 Å². The largest absolute Gasteiger partial charge is 0.491 e. The number of nitrogens with zero attached hydrogens (tertiary/aromatic N) is 1. The summed E-state index contributed by atoms with van der Waals surface area (Å²) in [6, 6.07) is 13.9. The van der Waals surface area contributed by atoms with Crippen molar-refractivity contribution in [2.45, 2.75) is 12.3 Å². The number of fused-ring (bicyclic) bond motifs is 1. The zero-order chi connectivity index (χ0) is 17.1. The van der Waals surface area contributed by atoms with Crippen molar-refractivity contribution in [3.63, 3.8) is 0 Å². The molecule has 0 fully saturated rings. The molecule has 5 nitrogen and oxygen atoms in total. The first kappa shape index (κ1) is 16.3. The van der Waals surface area contributed by atoms with Crippen LogP contribution in [0.25, 0.3) is 0 Å². The van der Waals surface area contributed by atoms with Crippen LogP contribution in [0.2, 0.25) is 0 Å². The number of nitrogens with one attached hydrogen (secondary N) is 1. The van der Waals surface area contributed by atoms with Crippen molar-refractivity contribution in [2.24, 2.45) is 0 Å². The van der Waals surface area contributed by atoms with Gasteiger partial charge < -0.3 is 20.1 Å². The third-order valence-corrected chi connectivity index (χ3v) is 4.21. The number of ether oxygens (including phenoxy) is 1. The van der Waals surface area contributed by atoms with E-state index in [-0.39, 0.29) is 25.0 Å². The number of benzene rings is 2. The maximum absolute atomic E-state index is 12.2. The Hall–Kier alpha value is -2.53. The normalized spacial score (nSPS) is 16.3. The standard InChI is InChI=1S/C19H22N2O3/c1-21(2)14-6-7-16-17(12-19(23)20-18(16)11-14)13-4-3-5-15(10-13)24-9-8-22/h3-7,10-11,17,22H,8-9,12H2,1-2H3,(H,20,23). The molecule has 5 heteroatoms. The van der Waals surface area contributed by atoms with Crippen LogP contribution in [-0.4, -0.2) is 38.3 Å². The van der Waals surface area contributed by atoms with E-state index in [1.54, 1.807) is 0 Å². The van der Waals surface area contributed by atoms with Crippen molar-refractivity contribution in [2.75, 3.05) is 37.5 Å². The lowest BCUT2D eigenvalue weighted by Crippen LogP contribution is -2.24. The molecule has 2 N–H and O–H groups in total.